The smallest absolute Gasteiger partial charge is 0.00472 e. The molecule has 1 aromatic carbocycles. The van der Waals surface area contributed by atoms with E-state index in [9.17, 15) is 0 Å². The van der Waals surface area contributed by atoms with Crippen LogP contribution in [-0.2, 0) is 6.42 Å². The van der Waals surface area contributed by atoms with Gasteiger partial charge in [0.15, 0.2) is 0 Å². The van der Waals surface area contributed by atoms with E-state index in [-0.39, 0.29) is 0 Å². The Hall–Kier alpha value is -0.860. The Bertz CT molecular complexity index is 362. The van der Waals surface area contributed by atoms with Gasteiger partial charge >= 0.3 is 0 Å². The molecule has 0 saturated carbocycles. The molecule has 0 spiro atoms. The average molecular weight is 246 g/mol. The first-order chi connectivity index (χ1) is 8.79. The van der Waals surface area contributed by atoms with Crippen molar-refractivity contribution >= 4 is 0 Å². The zero-order chi connectivity index (χ0) is 12.8. The van der Waals surface area contributed by atoms with E-state index >= 15 is 0 Å². The molecule has 1 atom stereocenters. The van der Waals surface area contributed by atoms with E-state index in [1.165, 1.54) is 44.3 Å². The number of benzene rings is 1. The molecule has 1 fully saturated rings. The van der Waals surface area contributed by atoms with Crippen molar-refractivity contribution in [2.45, 2.75) is 31.6 Å². The third kappa shape index (κ3) is 3.82. The van der Waals surface area contributed by atoms with Crippen molar-refractivity contribution in [3.8, 4) is 0 Å². The maximum atomic E-state index is 3.22. The van der Waals surface area contributed by atoms with Gasteiger partial charge in [0.25, 0.3) is 0 Å². The molecule has 1 saturated heterocycles. The highest BCUT2D eigenvalue weighted by atomic mass is 15.1. The number of nitrogens with zero attached hydrogens (tertiary/aromatic N) is 1. The number of aryl methyl sites for hydroxylation is 1. The fourth-order valence-corrected chi connectivity index (χ4v) is 2.91. The lowest BCUT2D eigenvalue weighted by molar-refractivity contribution is 0.251. The number of likely N-dealkylation sites (N-methyl/N-ethyl adjacent to an activating group) is 1. The van der Waals surface area contributed by atoms with Crippen LogP contribution in [0.15, 0.2) is 24.3 Å². The molecule has 2 rings (SSSR count). The van der Waals surface area contributed by atoms with Crippen molar-refractivity contribution in [1.82, 2.24) is 10.2 Å². The normalized spacial score (nSPS) is 21.1. The van der Waals surface area contributed by atoms with Crippen molar-refractivity contribution in [1.29, 1.82) is 0 Å². The summed E-state index contributed by atoms with van der Waals surface area (Å²) < 4.78 is 0. The van der Waals surface area contributed by atoms with Gasteiger partial charge in [-0.2, -0.15) is 0 Å². The largest absolute Gasteiger partial charge is 0.320 e. The van der Waals surface area contributed by atoms with Gasteiger partial charge in [-0.3, -0.25) is 0 Å². The minimum atomic E-state index is 0.744. The summed E-state index contributed by atoms with van der Waals surface area (Å²) in [5.74, 6) is 0.744. The summed E-state index contributed by atoms with van der Waals surface area (Å²) in [4.78, 5) is 2.46. The first-order valence-corrected chi connectivity index (χ1v) is 7.21. The van der Waals surface area contributed by atoms with E-state index in [0.717, 1.165) is 12.5 Å². The van der Waals surface area contributed by atoms with Gasteiger partial charge in [0.05, 0.1) is 0 Å². The predicted octanol–water partition coefficient (Wildman–Crippen LogP) is 2.65. The van der Waals surface area contributed by atoms with Gasteiger partial charge in [-0.1, -0.05) is 24.3 Å². The Morgan fingerprint density at radius 2 is 2.28 bits per heavy atom. The maximum Gasteiger partial charge on any atom is 0.00472 e. The average Bonchev–Trinajstić information content (AvgIpc) is 2.39. The molecule has 1 unspecified atom stereocenters. The lowest BCUT2D eigenvalue weighted by Crippen LogP contribution is -2.30. The molecule has 2 nitrogen and oxygen atoms in total. The lowest BCUT2D eigenvalue weighted by Gasteiger charge is -2.30. The van der Waals surface area contributed by atoms with Crippen molar-refractivity contribution < 1.29 is 0 Å². The Morgan fingerprint density at radius 3 is 3.06 bits per heavy atom. The number of nitrogens with one attached hydrogen (secondary N) is 1. The third-order valence-corrected chi connectivity index (χ3v) is 3.94. The molecule has 0 amide bonds. The minimum Gasteiger partial charge on any atom is -0.320 e. The molecule has 1 aromatic rings. The maximum absolute atomic E-state index is 3.22. The zero-order valence-corrected chi connectivity index (χ0v) is 11.8. The first kappa shape index (κ1) is 13.6. The molecule has 1 heterocycles. The Balaban J connectivity index is 1.97. The van der Waals surface area contributed by atoms with Crippen LogP contribution in [0.4, 0.5) is 0 Å². The highest BCUT2D eigenvalue weighted by Crippen LogP contribution is 2.26. The lowest BCUT2D eigenvalue weighted by atomic mass is 9.89. The second kappa shape index (κ2) is 6.91. The highest BCUT2D eigenvalue weighted by molar-refractivity contribution is 5.27. The highest BCUT2D eigenvalue weighted by Gasteiger charge is 2.18. The summed E-state index contributed by atoms with van der Waals surface area (Å²) in [7, 11) is 4.26. The molecule has 100 valence electrons. The zero-order valence-electron chi connectivity index (χ0n) is 11.8. The quantitative estimate of drug-likeness (QED) is 0.804. The number of likely N-dealkylation sites (tertiary alicyclic amines) is 1. The van der Waals surface area contributed by atoms with Gasteiger partial charge in [-0.05, 0) is 69.9 Å². The molecule has 0 radical (unpaired) electrons. The van der Waals surface area contributed by atoms with Crippen molar-refractivity contribution in [2.24, 2.45) is 0 Å². The van der Waals surface area contributed by atoms with Gasteiger partial charge in [0.2, 0.25) is 0 Å². The van der Waals surface area contributed by atoms with Gasteiger partial charge in [-0.25, -0.2) is 0 Å². The van der Waals surface area contributed by atoms with Gasteiger partial charge in [0.1, 0.15) is 0 Å². The van der Waals surface area contributed by atoms with Crippen molar-refractivity contribution in [3.63, 3.8) is 0 Å². The monoisotopic (exact) mass is 246 g/mol. The summed E-state index contributed by atoms with van der Waals surface area (Å²) in [6, 6.07) is 9.25. The molecule has 0 aliphatic carbocycles. The minimum absolute atomic E-state index is 0.744. The third-order valence-electron chi connectivity index (χ3n) is 3.94. The van der Waals surface area contributed by atoms with Crippen LogP contribution >= 0.6 is 0 Å². The standard InChI is InChI=1S/C16H26N2/c1-17-10-4-7-14-6-3-8-15(12-14)16-9-5-11-18(2)13-16/h3,6,8,12,16-17H,4-5,7,9-11,13H2,1-2H3. The summed E-state index contributed by atoms with van der Waals surface area (Å²) in [6.07, 6.45) is 5.11. The van der Waals surface area contributed by atoms with E-state index < -0.39 is 0 Å². The number of hydrogen-bond acceptors (Lipinski definition) is 2. The predicted molar refractivity (Wildman–Crippen MR) is 78.2 cm³/mol. The van der Waals surface area contributed by atoms with Crippen LogP contribution < -0.4 is 5.32 Å². The fraction of sp³-hybridized carbons (Fsp3) is 0.625. The van der Waals surface area contributed by atoms with Crippen LogP contribution in [0, 0.1) is 0 Å². The molecular formula is C16H26N2. The second-order valence-electron chi connectivity index (χ2n) is 5.55. The summed E-state index contributed by atoms with van der Waals surface area (Å²) in [6.45, 7) is 3.59. The van der Waals surface area contributed by atoms with E-state index in [1.54, 1.807) is 5.56 Å². The molecule has 0 bridgehead atoms. The molecule has 0 aromatic heterocycles. The Morgan fingerprint density at radius 1 is 1.39 bits per heavy atom. The van der Waals surface area contributed by atoms with Crippen LogP contribution in [0.25, 0.3) is 0 Å². The SMILES string of the molecule is CNCCCc1cccc(C2CCCN(C)C2)c1. The van der Waals surface area contributed by atoms with Gasteiger partial charge in [0, 0.05) is 6.54 Å². The molecule has 1 aliphatic heterocycles. The van der Waals surface area contributed by atoms with E-state index in [0.29, 0.717) is 0 Å². The Kier molecular flexibility index (Phi) is 5.21. The number of rotatable bonds is 5. The van der Waals surface area contributed by atoms with E-state index in [1.807, 2.05) is 7.05 Å². The van der Waals surface area contributed by atoms with Crippen LogP contribution in [0.5, 0.6) is 0 Å². The topological polar surface area (TPSA) is 15.3 Å². The van der Waals surface area contributed by atoms with Gasteiger partial charge < -0.3 is 10.2 Å². The molecule has 18 heavy (non-hydrogen) atoms. The number of hydrogen-bond donors (Lipinski definition) is 1. The van der Waals surface area contributed by atoms with Crippen molar-refractivity contribution in [3.05, 3.63) is 35.4 Å². The summed E-state index contributed by atoms with van der Waals surface area (Å²) in [5.41, 5.74) is 3.04. The van der Waals surface area contributed by atoms with E-state index in [4.69, 9.17) is 0 Å². The van der Waals surface area contributed by atoms with Crippen LogP contribution in [0.2, 0.25) is 0 Å². The fourth-order valence-electron chi connectivity index (χ4n) is 2.91. The summed E-state index contributed by atoms with van der Waals surface area (Å²) >= 11 is 0. The molecule has 1 N–H and O–H groups in total. The molecule has 2 heteroatoms. The van der Waals surface area contributed by atoms with Crippen LogP contribution in [0.1, 0.15) is 36.3 Å². The molecular weight excluding hydrogens is 220 g/mol. The van der Waals surface area contributed by atoms with E-state index in [2.05, 4.69) is 41.5 Å². The van der Waals surface area contributed by atoms with Crippen molar-refractivity contribution in [2.75, 3.05) is 33.7 Å². The second-order valence-corrected chi connectivity index (χ2v) is 5.55. The first-order valence-electron chi connectivity index (χ1n) is 7.21. The van der Waals surface area contributed by atoms with Crippen LogP contribution in [-0.4, -0.2) is 38.6 Å². The Labute approximate surface area is 111 Å². The molecule has 1 aliphatic rings. The summed E-state index contributed by atoms with van der Waals surface area (Å²) in [5, 5.41) is 3.22. The number of piperidine rings is 1. The van der Waals surface area contributed by atoms with Crippen LogP contribution in [0.3, 0.4) is 0 Å². The van der Waals surface area contributed by atoms with Gasteiger partial charge in [-0.15, -0.1) is 0 Å².